The van der Waals surface area contributed by atoms with Gasteiger partial charge in [-0.15, -0.1) is 5.06 Å². The molecule has 0 aliphatic carbocycles. The summed E-state index contributed by atoms with van der Waals surface area (Å²) in [6.07, 6.45) is 0.0166. The SMILES string of the molecule is CC(C)Oc1ccc(CON2C(=O)c3ccccc3C2=O)cc1Cl. The summed E-state index contributed by atoms with van der Waals surface area (Å²) in [6.45, 7) is 3.87. The first-order valence-electron chi connectivity index (χ1n) is 7.53. The number of nitrogens with zero attached hydrogens (tertiary/aromatic N) is 1. The lowest BCUT2D eigenvalue weighted by Crippen LogP contribution is -2.29. The van der Waals surface area contributed by atoms with E-state index in [0.717, 1.165) is 10.6 Å². The molecule has 0 atom stereocenters. The average molecular weight is 346 g/mol. The number of carbonyl (C=O) groups excluding carboxylic acids is 2. The lowest BCUT2D eigenvalue weighted by Gasteiger charge is -2.15. The van der Waals surface area contributed by atoms with Crippen LogP contribution in [0.5, 0.6) is 5.75 Å². The van der Waals surface area contributed by atoms with E-state index in [-0.39, 0.29) is 12.7 Å². The van der Waals surface area contributed by atoms with E-state index in [1.807, 2.05) is 13.8 Å². The number of carbonyl (C=O) groups is 2. The molecule has 6 heteroatoms. The molecule has 2 aromatic rings. The molecule has 1 aliphatic heterocycles. The number of ether oxygens (including phenoxy) is 1. The summed E-state index contributed by atoms with van der Waals surface area (Å²) in [6, 6.07) is 11.8. The Kier molecular flexibility index (Phi) is 4.55. The van der Waals surface area contributed by atoms with Crippen LogP contribution in [0.25, 0.3) is 0 Å². The molecule has 0 spiro atoms. The number of benzene rings is 2. The molecular weight excluding hydrogens is 330 g/mol. The molecular formula is C18H16ClNO4. The zero-order valence-corrected chi connectivity index (χ0v) is 14.0. The molecule has 0 N–H and O–H groups in total. The minimum absolute atomic E-state index is 0.0166. The molecule has 0 saturated carbocycles. The Labute approximate surface area is 144 Å². The molecule has 1 heterocycles. The van der Waals surface area contributed by atoms with Crippen molar-refractivity contribution in [2.45, 2.75) is 26.6 Å². The van der Waals surface area contributed by atoms with Crippen molar-refractivity contribution in [3.8, 4) is 5.75 Å². The predicted octanol–water partition coefficient (Wildman–Crippen LogP) is 3.86. The highest BCUT2D eigenvalue weighted by atomic mass is 35.5. The van der Waals surface area contributed by atoms with Crippen molar-refractivity contribution in [2.24, 2.45) is 0 Å². The van der Waals surface area contributed by atoms with Crippen LogP contribution in [0, 0.1) is 0 Å². The molecule has 124 valence electrons. The van der Waals surface area contributed by atoms with Crippen molar-refractivity contribution in [3.63, 3.8) is 0 Å². The van der Waals surface area contributed by atoms with Gasteiger partial charge in [0.05, 0.1) is 22.3 Å². The zero-order valence-electron chi connectivity index (χ0n) is 13.3. The highest BCUT2D eigenvalue weighted by Crippen LogP contribution is 2.28. The first-order chi connectivity index (χ1) is 11.5. The van der Waals surface area contributed by atoms with Gasteiger partial charge in [0.2, 0.25) is 0 Å². The second-order valence-corrected chi connectivity index (χ2v) is 6.06. The monoisotopic (exact) mass is 345 g/mol. The Morgan fingerprint density at radius 3 is 2.21 bits per heavy atom. The fourth-order valence-corrected chi connectivity index (χ4v) is 2.65. The van der Waals surface area contributed by atoms with Crippen LogP contribution in [0.1, 0.15) is 40.1 Å². The summed E-state index contributed by atoms with van der Waals surface area (Å²) in [5.74, 6) is -0.334. The van der Waals surface area contributed by atoms with E-state index in [4.69, 9.17) is 21.2 Å². The summed E-state index contributed by atoms with van der Waals surface area (Å²) in [5.41, 5.74) is 1.43. The molecule has 0 saturated heterocycles. The van der Waals surface area contributed by atoms with Crippen LogP contribution in [-0.2, 0) is 11.4 Å². The topological polar surface area (TPSA) is 55.8 Å². The van der Waals surface area contributed by atoms with Gasteiger partial charge in [-0.3, -0.25) is 14.4 Å². The van der Waals surface area contributed by atoms with Crippen LogP contribution in [0.2, 0.25) is 5.02 Å². The van der Waals surface area contributed by atoms with Gasteiger partial charge < -0.3 is 4.74 Å². The highest BCUT2D eigenvalue weighted by molar-refractivity contribution is 6.32. The third-order valence-corrected chi connectivity index (χ3v) is 3.77. The minimum atomic E-state index is -0.457. The number of imide groups is 1. The fraction of sp³-hybridized carbons (Fsp3) is 0.222. The lowest BCUT2D eigenvalue weighted by molar-refractivity contribution is -0.101. The second-order valence-electron chi connectivity index (χ2n) is 5.66. The zero-order chi connectivity index (χ0) is 17.3. The maximum atomic E-state index is 12.2. The normalized spacial score (nSPS) is 13.6. The van der Waals surface area contributed by atoms with Crippen molar-refractivity contribution in [2.75, 3.05) is 0 Å². The maximum Gasteiger partial charge on any atom is 0.285 e. The molecule has 0 unspecified atom stereocenters. The Morgan fingerprint density at radius 1 is 1.04 bits per heavy atom. The van der Waals surface area contributed by atoms with E-state index in [1.165, 1.54) is 0 Å². The van der Waals surface area contributed by atoms with E-state index in [9.17, 15) is 9.59 Å². The molecule has 2 aromatic carbocycles. The van der Waals surface area contributed by atoms with Crippen molar-refractivity contribution in [1.29, 1.82) is 0 Å². The molecule has 0 aromatic heterocycles. The number of fused-ring (bicyclic) bond motifs is 1. The first-order valence-corrected chi connectivity index (χ1v) is 7.91. The van der Waals surface area contributed by atoms with Gasteiger partial charge >= 0.3 is 0 Å². The van der Waals surface area contributed by atoms with Crippen LogP contribution >= 0.6 is 11.6 Å². The van der Waals surface area contributed by atoms with Gasteiger partial charge in [-0.2, -0.15) is 0 Å². The fourth-order valence-electron chi connectivity index (χ4n) is 2.41. The van der Waals surface area contributed by atoms with E-state index in [0.29, 0.717) is 21.9 Å². The van der Waals surface area contributed by atoms with E-state index >= 15 is 0 Å². The first kappa shape index (κ1) is 16.5. The van der Waals surface area contributed by atoms with Gasteiger partial charge in [0.1, 0.15) is 12.4 Å². The third kappa shape index (κ3) is 3.13. The molecule has 1 aliphatic rings. The number of hydrogen-bond acceptors (Lipinski definition) is 4. The Morgan fingerprint density at radius 2 is 1.67 bits per heavy atom. The Bertz CT molecular complexity index is 768. The average Bonchev–Trinajstić information content (AvgIpc) is 2.79. The second kappa shape index (κ2) is 6.63. The largest absolute Gasteiger partial charge is 0.489 e. The number of halogens is 1. The summed E-state index contributed by atoms with van der Waals surface area (Å²) in [5, 5.41) is 1.24. The molecule has 5 nitrogen and oxygen atoms in total. The number of rotatable bonds is 5. The van der Waals surface area contributed by atoms with Crippen molar-refractivity contribution < 1.29 is 19.2 Å². The summed E-state index contributed by atoms with van der Waals surface area (Å²) in [4.78, 5) is 29.8. The van der Waals surface area contributed by atoms with E-state index in [1.54, 1.807) is 42.5 Å². The quantitative estimate of drug-likeness (QED) is 0.772. The van der Waals surface area contributed by atoms with Crippen molar-refractivity contribution in [1.82, 2.24) is 5.06 Å². The molecule has 0 bridgehead atoms. The van der Waals surface area contributed by atoms with Crippen LogP contribution in [-0.4, -0.2) is 23.0 Å². The molecule has 24 heavy (non-hydrogen) atoms. The third-order valence-electron chi connectivity index (χ3n) is 3.48. The molecule has 0 radical (unpaired) electrons. The molecule has 0 fully saturated rings. The predicted molar refractivity (Wildman–Crippen MR) is 88.9 cm³/mol. The molecule has 2 amide bonds. The van der Waals surface area contributed by atoms with Crippen molar-refractivity contribution >= 4 is 23.4 Å². The summed E-state index contributed by atoms with van der Waals surface area (Å²) in [7, 11) is 0. The highest BCUT2D eigenvalue weighted by Gasteiger charge is 2.36. The Balaban J connectivity index is 1.70. The van der Waals surface area contributed by atoms with Gasteiger partial charge in [0.25, 0.3) is 11.8 Å². The van der Waals surface area contributed by atoms with E-state index in [2.05, 4.69) is 0 Å². The Hall–Kier alpha value is -2.37. The van der Waals surface area contributed by atoms with Gasteiger partial charge in [0, 0.05) is 0 Å². The minimum Gasteiger partial charge on any atom is -0.489 e. The van der Waals surface area contributed by atoms with Gasteiger partial charge in [0.15, 0.2) is 0 Å². The smallest absolute Gasteiger partial charge is 0.285 e. The lowest BCUT2D eigenvalue weighted by atomic mass is 10.1. The number of hydroxylamine groups is 2. The number of amides is 2. The maximum absolute atomic E-state index is 12.2. The van der Waals surface area contributed by atoms with Crippen LogP contribution in [0.15, 0.2) is 42.5 Å². The summed E-state index contributed by atoms with van der Waals surface area (Å²) < 4.78 is 5.56. The van der Waals surface area contributed by atoms with Crippen LogP contribution in [0.3, 0.4) is 0 Å². The van der Waals surface area contributed by atoms with Gasteiger partial charge in [-0.1, -0.05) is 29.8 Å². The van der Waals surface area contributed by atoms with Crippen LogP contribution < -0.4 is 4.74 Å². The standard InChI is InChI=1S/C18H16ClNO4/c1-11(2)24-16-8-7-12(9-15(16)19)10-23-20-17(21)13-5-3-4-6-14(13)18(20)22/h3-9,11H,10H2,1-2H3. The number of hydrogen-bond donors (Lipinski definition) is 0. The van der Waals surface area contributed by atoms with E-state index < -0.39 is 11.8 Å². The van der Waals surface area contributed by atoms with Gasteiger partial charge in [-0.25, -0.2) is 0 Å². The van der Waals surface area contributed by atoms with Gasteiger partial charge in [-0.05, 0) is 43.7 Å². The summed E-state index contributed by atoms with van der Waals surface area (Å²) >= 11 is 6.17. The molecule has 3 rings (SSSR count). The van der Waals surface area contributed by atoms with Crippen molar-refractivity contribution in [3.05, 3.63) is 64.2 Å². The van der Waals surface area contributed by atoms with Crippen LogP contribution in [0.4, 0.5) is 0 Å².